The molecule has 6 unspecified atom stereocenters. The van der Waals surface area contributed by atoms with Crippen LogP contribution in [-0.2, 0) is 104 Å². The first-order chi connectivity index (χ1) is 56.5. The maximum atomic E-state index is 15.8. The number of urea groups is 3. The number of amides is 10. The molecule has 10 amide bonds. The second-order valence-corrected chi connectivity index (χ2v) is 30.6. The standard InChI is InChI=1S/C81H93FN14O21S/c1-6-25-84-78(108)88-51-12-9-14-53(38-51)118(111,112)94-52-13-8-11-48(37-52)60(41-67(99)100)92-80(110)87-50-18-16-49(17-19-50)86-79(109)85-28-31-114-33-35-115-34-32-113-30-24-65(97)90-62(42-68(101)102)75(105)95-29-10-15-63(95)73(103)93-71(45(3)4)76(106)117-81(7-2)57-39-64-72-55(43-96(64)74(104)56(57)44-116-77(81)107)70-59(89-66(98)36-47-22-26-83-27-23-47)21-20-54-46(5)58(82)40-61(91-72)69(54)70/h8-9,11-14,16-19,22-23,26-27,37-40,45,59-60,62-63,71,94H,6-7,10,15,20-21,24-25,28-36,41-44H2,1-5H3,(H,89,98)(H,90,97)(H,93,103)(H,99,100)(H,101,102)(H2,84,88,108)(H2,85,86,109)(H2,87,92,110). The molecule has 3 aliphatic heterocycles. The minimum absolute atomic E-state index is 0.00265. The Labute approximate surface area is 677 Å². The maximum absolute atomic E-state index is 15.8. The molecule has 4 aliphatic rings. The average Bonchev–Trinajstić information content (AvgIpc) is 1.49. The molecule has 12 N–H and O–H groups in total. The van der Waals surface area contributed by atoms with Crippen molar-refractivity contribution in [2.24, 2.45) is 5.92 Å². The van der Waals surface area contributed by atoms with Crippen LogP contribution in [0.1, 0.15) is 136 Å². The molecule has 1 saturated heterocycles. The van der Waals surface area contributed by atoms with Crippen LogP contribution in [0.3, 0.4) is 0 Å². The zero-order valence-electron chi connectivity index (χ0n) is 65.4. The fourth-order valence-electron chi connectivity index (χ4n) is 14.6. The molecule has 118 heavy (non-hydrogen) atoms. The summed E-state index contributed by atoms with van der Waals surface area (Å²) in [6, 6.07) is 15.9. The predicted molar refractivity (Wildman–Crippen MR) is 425 cm³/mol. The zero-order chi connectivity index (χ0) is 84.5. The van der Waals surface area contributed by atoms with Gasteiger partial charge in [0.1, 0.15) is 30.5 Å². The molecular formula is C81H93FN14O21S. The molecule has 37 heteroatoms. The minimum Gasteiger partial charge on any atom is -0.481 e. The number of halogens is 1. The van der Waals surface area contributed by atoms with Gasteiger partial charge in [-0.15, -0.1) is 0 Å². The summed E-state index contributed by atoms with van der Waals surface area (Å²) in [5.41, 5.74) is 2.49. The number of nitrogens with one attached hydrogen (secondary N) is 10. The fourth-order valence-corrected chi connectivity index (χ4v) is 15.7. The number of sulfonamides is 1. The van der Waals surface area contributed by atoms with E-state index >= 15 is 4.39 Å². The average molecular weight is 1650 g/mol. The van der Waals surface area contributed by atoms with Crippen LogP contribution in [0.2, 0.25) is 0 Å². The Hall–Kier alpha value is -12.5. The van der Waals surface area contributed by atoms with Gasteiger partial charge in [0.05, 0.1) is 105 Å². The molecular weight excluding hydrogens is 1560 g/mol. The van der Waals surface area contributed by atoms with E-state index in [1.807, 2.05) is 6.92 Å². The number of carboxylic acid groups (broad SMARTS) is 2. The van der Waals surface area contributed by atoms with Crippen molar-refractivity contribution in [3.05, 3.63) is 170 Å². The van der Waals surface area contributed by atoms with Crippen molar-refractivity contribution < 1.29 is 99.4 Å². The number of hydrogen-bond donors (Lipinski definition) is 12. The van der Waals surface area contributed by atoms with Gasteiger partial charge >= 0.3 is 42.0 Å². The number of anilines is 4. The number of aryl methyl sites for hydroxylation is 1. The van der Waals surface area contributed by atoms with Crippen molar-refractivity contribution in [1.29, 1.82) is 0 Å². The summed E-state index contributed by atoms with van der Waals surface area (Å²) in [7, 11) is -4.20. The number of cyclic esters (lactones) is 1. The summed E-state index contributed by atoms with van der Waals surface area (Å²) in [5, 5.41) is 44.3. The Balaban J connectivity index is 0.597. The molecule has 11 rings (SSSR count). The largest absolute Gasteiger partial charge is 0.481 e. The van der Waals surface area contributed by atoms with E-state index in [4.69, 9.17) is 28.7 Å². The van der Waals surface area contributed by atoms with Crippen molar-refractivity contribution in [2.75, 3.05) is 79.9 Å². The lowest BCUT2D eigenvalue weighted by molar-refractivity contribution is -0.191. The van der Waals surface area contributed by atoms with Crippen LogP contribution in [0.4, 0.5) is 41.5 Å². The first-order valence-electron chi connectivity index (χ1n) is 38.6. The number of esters is 2. The Morgan fingerprint density at radius 2 is 1.37 bits per heavy atom. The van der Waals surface area contributed by atoms with Gasteiger partial charge in [0.25, 0.3) is 15.6 Å². The van der Waals surface area contributed by atoms with Crippen molar-refractivity contribution in [2.45, 2.75) is 153 Å². The number of nitrogens with zero attached hydrogens (tertiary/aromatic N) is 4. The molecule has 35 nitrogen and oxygen atoms in total. The molecule has 1 aliphatic carbocycles. The van der Waals surface area contributed by atoms with Crippen molar-refractivity contribution in [1.82, 2.24) is 51.3 Å². The number of fused-ring (bicyclic) bond motifs is 5. The molecule has 0 bridgehead atoms. The van der Waals surface area contributed by atoms with Crippen LogP contribution >= 0.6 is 0 Å². The Kier molecular flexibility index (Phi) is 28.5. The molecule has 6 heterocycles. The van der Waals surface area contributed by atoms with E-state index in [-0.39, 0.29) is 135 Å². The van der Waals surface area contributed by atoms with Crippen LogP contribution < -0.4 is 58.1 Å². The second-order valence-electron chi connectivity index (χ2n) is 29.0. The van der Waals surface area contributed by atoms with E-state index in [9.17, 15) is 76.2 Å². The number of carbonyl (C=O) groups excluding carboxylic acids is 9. The highest BCUT2D eigenvalue weighted by atomic mass is 32.2. The number of carboxylic acids is 2. The van der Waals surface area contributed by atoms with Crippen LogP contribution in [0.15, 0.2) is 119 Å². The molecule has 4 aromatic carbocycles. The van der Waals surface area contributed by atoms with Gasteiger partial charge in [-0.1, -0.05) is 45.9 Å². The van der Waals surface area contributed by atoms with Gasteiger partial charge in [0, 0.05) is 83.8 Å². The number of aliphatic carboxylic acids is 2. The van der Waals surface area contributed by atoms with Crippen molar-refractivity contribution >= 4 is 109 Å². The van der Waals surface area contributed by atoms with Crippen LogP contribution in [0.25, 0.3) is 22.3 Å². The molecule has 626 valence electrons. The normalized spacial score (nSPS) is 16.5. The number of likely N-dealkylation sites (tertiary alicyclic amines) is 1. The Morgan fingerprint density at radius 3 is 2.06 bits per heavy atom. The van der Waals surface area contributed by atoms with E-state index in [0.29, 0.717) is 71.2 Å². The minimum atomic E-state index is -4.20. The lowest BCUT2D eigenvalue weighted by Gasteiger charge is -2.37. The van der Waals surface area contributed by atoms with E-state index in [1.165, 1.54) is 83.4 Å². The molecule has 7 aromatic rings. The Bertz CT molecular complexity index is 5170. The number of carbonyl (C=O) groups is 11. The van der Waals surface area contributed by atoms with E-state index < -0.39 is 142 Å². The molecule has 0 saturated carbocycles. The maximum Gasteiger partial charge on any atom is 0.355 e. The van der Waals surface area contributed by atoms with Gasteiger partial charge in [0.15, 0.2) is 0 Å². The predicted octanol–water partition coefficient (Wildman–Crippen LogP) is 6.84. The first-order valence-corrected chi connectivity index (χ1v) is 40.1. The summed E-state index contributed by atoms with van der Waals surface area (Å²) in [6.45, 7) is 8.77. The fraction of sp³-hybridized carbons (Fsp3) is 0.407. The molecule has 0 radical (unpaired) electrons. The summed E-state index contributed by atoms with van der Waals surface area (Å²) < 4.78 is 74.9. The molecule has 0 spiro atoms. The molecule has 3 aromatic heterocycles. The molecule has 6 atom stereocenters. The first kappa shape index (κ1) is 86.4. The van der Waals surface area contributed by atoms with Gasteiger partial charge in [-0.25, -0.2) is 41.8 Å². The third-order valence-electron chi connectivity index (χ3n) is 20.5. The van der Waals surface area contributed by atoms with Crippen LogP contribution in [0, 0.1) is 18.7 Å². The summed E-state index contributed by atoms with van der Waals surface area (Å²) in [6.07, 6.45) is 3.25. The van der Waals surface area contributed by atoms with Gasteiger partial charge in [0.2, 0.25) is 29.2 Å². The lowest BCUT2D eigenvalue weighted by Crippen LogP contribution is -2.57. The number of ether oxygens (including phenoxy) is 5. The third kappa shape index (κ3) is 21.0. The lowest BCUT2D eigenvalue weighted by atomic mass is 9.81. The zero-order valence-corrected chi connectivity index (χ0v) is 66.2. The number of hydrogen-bond acceptors (Lipinski definition) is 21. The summed E-state index contributed by atoms with van der Waals surface area (Å²) in [5.74, 6) is -8.61. The van der Waals surface area contributed by atoms with Crippen molar-refractivity contribution in [3.8, 4) is 11.4 Å². The highest BCUT2D eigenvalue weighted by molar-refractivity contribution is 7.92. The monoisotopic (exact) mass is 1650 g/mol. The van der Waals surface area contributed by atoms with Crippen molar-refractivity contribution in [3.63, 3.8) is 0 Å². The van der Waals surface area contributed by atoms with E-state index in [0.717, 1.165) is 16.0 Å². The number of pyridine rings is 3. The highest BCUT2D eigenvalue weighted by Gasteiger charge is 2.52. The Morgan fingerprint density at radius 1 is 0.712 bits per heavy atom. The van der Waals surface area contributed by atoms with Crippen LogP contribution in [-0.4, -0.2) is 181 Å². The third-order valence-corrected chi connectivity index (χ3v) is 21.8. The summed E-state index contributed by atoms with van der Waals surface area (Å²) in [4.78, 5) is 171. The van der Waals surface area contributed by atoms with Crippen LogP contribution in [0.5, 0.6) is 0 Å². The SMILES string of the molecule is CCCNC(=O)Nc1cccc(S(=O)(=O)Nc2cccc(C(CC(=O)O)NC(=O)Nc3ccc(NC(=O)NCCOCCOCCOCCC(=O)NC(CC(=O)O)C(=O)N4CCCC4C(=O)NC(C(=O)OC4(CC)C(=O)OCc5c4cc4n(c5=O)Cc5c-4nc4cc(F)c(C)c6c4c5C(NC(=O)Cc4ccncc4)CC6)C(C)C)cc3)c2)c1. The van der Waals surface area contributed by atoms with Gasteiger partial charge < -0.3 is 91.2 Å². The highest BCUT2D eigenvalue weighted by Crippen LogP contribution is 2.47. The second kappa shape index (κ2) is 39.0. The number of rotatable bonds is 37. The van der Waals surface area contributed by atoms with Gasteiger partial charge in [-0.3, -0.25) is 43.3 Å². The summed E-state index contributed by atoms with van der Waals surface area (Å²) >= 11 is 0. The molecule has 1 fully saturated rings. The number of benzene rings is 4. The van der Waals surface area contributed by atoms with Gasteiger partial charge in [-0.05, 0) is 152 Å². The van der Waals surface area contributed by atoms with Gasteiger partial charge in [-0.2, -0.15) is 0 Å². The van der Waals surface area contributed by atoms with E-state index in [2.05, 4.69) is 57.6 Å². The topological polar surface area (TPSA) is 480 Å². The number of aromatic nitrogens is 3. The quantitative estimate of drug-likeness (QED) is 0.0140. The smallest absolute Gasteiger partial charge is 0.355 e. The van der Waals surface area contributed by atoms with E-state index in [1.54, 1.807) is 58.3 Å².